The van der Waals surface area contributed by atoms with E-state index in [1.54, 1.807) is 24.1 Å². The summed E-state index contributed by atoms with van der Waals surface area (Å²) in [6.45, 7) is 2.49. The highest BCUT2D eigenvalue weighted by atomic mass is 32.2. The third-order valence-electron chi connectivity index (χ3n) is 3.40. The molecule has 0 radical (unpaired) electrons. The van der Waals surface area contributed by atoms with Gasteiger partial charge >= 0.3 is 0 Å². The molecule has 1 aromatic heterocycles. The van der Waals surface area contributed by atoms with Crippen molar-refractivity contribution in [1.29, 1.82) is 0 Å². The van der Waals surface area contributed by atoms with Gasteiger partial charge in [0.15, 0.2) is 5.76 Å². The molecular formula is C16H20N2O4S. The quantitative estimate of drug-likeness (QED) is 0.874. The van der Waals surface area contributed by atoms with Crippen LogP contribution in [0.5, 0.6) is 0 Å². The van der Waals surface area contributed by atoms with Gasteiger partial charge in [-0.2, -0.15) is 0 Å². The van der Waals surface area contributed by atoms with E-state index in [2.05, 4.69) is 4.72 Å². The standard InChI is InChI=1S/C16H20N2O4S/c1-12-6-4-5-7-13(12)11-18(2)16(19)15-9-8-14(22-15)10-17-23(3,20)21/h4-9,17H,10-11H2,1-3H3. The predicted octanol–water partition coefficient (Wildman–Crippen LogP) is 1.91. The molecule has 7 heteroatoms. The van der Waals surface area contributed by atoms with Crippen LogP contribution in [0.1, 0.15) is 27.4 Å². The summed E-state index contributed by atoms with van der Waals surface area (Å²) < 4.78 is 29.9. The Morgan fingerprint density at radius 3 is 2.57 bits per heavy atom. The van der Waals surface area contributed by atoms with Gasteiger partial charge in [0.05, 0.1) is 12.8 Å². The second-order valence-electron chi connectivity index (χ2n) is 5.45. The topological polar surface area (TPSA) is 79.6 Å². The van der Waals surface area contributed by atoms with E-state index in [0.717, 1.165) is 17.4 Å². The van der Waals surface area contributed by atoms with Gasteiger partial charge < -0.3 is 9.32 Å². The Kier molecular flexibility index (Phi) is 5.23. The molecule has 0 saturated heterocycles. The molecule has 2 rings (SSSR count). The number of benzene rings is 1. The lowest BCUT2D eigenvalue weighted by atomic mass is 10.1. The summed E-state index contributed by atoms with van der Waals surface area (Å²) in [5, 5.41) is 0. The molecule has 1 heterocycles. The smallest absolute Gasteiger partial charge is 0.289 e. The Labute approximate surface area is 136 Å². The van der Waals surface area contributed by atoms with Crippen molar-refractivity contribution in [2.75, 3.05) is 13.3 Å². The first kappa shape index (κ1) is 17.2. The summed E-state index contributed by atoms with van der Waals surface area (Å²) in [5.41, 5.74) is 2.18. The zero-order chi connectivity index (χ0) is 17.0. The summed E-state index contributed by atoms with van der Waals surface area (Å²) in [5.74, 6) is 0.327. The lowest BCUT2D eigenvalue weighted by molar-refractivity contribution is 0.0751. The number of carbonyl (C=O) groups is 1. The first-order chi connectivity index (χ1) is 10.8. The Balaban J connectivity index is 2.03. The number of nitrogens with one attached hydrogen (secondary N) is 1. The van der Waals surface area contributed by atoms with Gasteiger partial charge in [0.1, 0.15) is 5.76 Å². The van der Waals surface area contributed by atoms with Crippen LogP contribution < -0.4 is 4.72 Å². The molecule has 0 aliphatic heterocycles. The summed E-state index contributed by atoms with van der Waals surface area (Å²) >= 11 is 0. The molecule has 0 fully saturated rings. The molecule has 23 heavy (non-hydrogen) atoms. The molecule has 0 saturated carbocycles. The fourth-order valence-electron chi connectivity index (χ4n) is 2.09. The number of amides is 1. The van der Waals surface area contributed by atoms with Crippen molar-refractivity contribution < 1.29 is 17.6 Å². The number of hydrogen-bond donors (Lipinski definition) is 1. The van der Waals surface area contributed by atoms with E-state index in [1.165, 1.54) is 0 Å². The molecule has 124 valence electrons. The number of furan rings is 1. The van der Waals surface area contributed by atoms with E-state index in [1.807, 2.05) is 31.2 Å². The normalized spacial score (nSPS) is 11.4. The molecule has 0 aliphatic rings. The van der Waals surface area contributed by atoms with Gasteiger partial charge in [-0.25, -0.2) is 13.1 Å². The summed E-state index contributed by atoms with van der Waals surface area (Å²) in [7, 11) is -1.60. The van der Waals surface area contributed by atoms with Gasteiger partial charge in [0.2, 0.25) is 10.0 Å². The zero-order valence-corrected chi connectivity index (χ0v) is 14.2. The molecule has 0 unspecified atom stereocenters. The van der Waals surface area contributed by atoms with Crippen molar-refractivity contribution in [1.82, 2.24) is 9.62 Å². The summed E-state index contributed by atoms with van der Waals surface area (Å²) in [6.07, 6.45) is 1.07. The number of aryl methyl sites for hydroxylation is 1. The van der Waals surface area contributed by atoms with Crippen molar-refractivity contribution in [3.63, 3.8) is 0 Å². The van der Waals surface area contributed by atoms with Crippen LogP contribution in [-0.4, -0.2) is 32.5 Å². The monoisotopic (exact) mass is 336 g/mol. The molecule has 1 amide bonds. The van der Waals surface area contributed by atoms with Gasteiger partial charge in [-0.05, 0) is 30.2 Å². The highest BCUT2D eigenvalue weighted by Gasteiger charge is 2.17. The highest BCUT2D eigenvalue weighted by Crippen LogP contribution is 2.14. The average Bonchev–Trinajstić information content (AvgIpc) is 2.95. The Morgan fingerprint density at radius 1 is 1.22 bits per heavy atom. The molecule has 1 aromatic carbocycles. The van der Waals surface area contributed by atoms with E-state index >= 15 is 0 Å². The molecule has 0 atom stereocenters. The van der Waals surface area contributed by atoms with Gasteiger partial charge in [-0.15, -0.1) is 0 Å². The van der Waals surface area contributed by atoms with Crippen molar-refractivity contribution in [3.8, 4) is 0 Å². The van der Waals surface area contributed by atoms with Gasteiger partial charge in [0.25, 0.3) is 5.91 Å². The van der Waals surface area contributed by atoms with Crippen LogP contribution in [0.2, 0.25) is 0 Å². The van der Waals surface area contributed by atoms with E-state index in [4.69, 9.17) is 4.42 Å². The first-order valence-electron chi connectivity index (χ1n) is 7.09. The first-order valence-corrected chi connectivity index (χ1v) is 8.99. The predicted molar refractivity (Wildman–Crippen MR) is 87.4 cm³/mol. The maximum atomic E-state index is 12.4. The highest BCUT2D eigenvalue weighted by molar-refractivity contribution is 7.88. The van der Waals surface area contributed by atoms with E-state index in [-0.39, 0.29) is 18.2 Å². The lowest BCUT2D eigenvalue weighted by Crippen LogP contribution is -2.26. The number of rotatable bonds is 6. The second kappa shape index (κ2) is 6.97. The Bertz CT molecular complexity index is 796. The number of sulfonamides is 1. The maximum absolute atomic E-state index is 12.4. The Morgan fingerprint density at radius 2 is 1.91 bits per heavy atom. The fourth-order valence-corrected chi connectivity index (χ4v) is 2.50. The van der Waals surface area contributed by atoms with Crippen LogP contribution >= 0.6 is 0 Å². The van der Waals surface area contributed by atoms with Crippen LogP contribution in [0.4, 0.5) is 0 Å². The summed E-state index contributed by atoms with van der Waals surface area (Å²) in [4.78, 5) is 13.9. The van der Waals surface area contributed by atoms with Gasteiger partial charge in [-0.3, -0.25) is 4.79 Å². The van der Waals surface area contributed by atoms with Crippen LogP contribution in [0.3, 0.4) is 0 Å². The maximum Gasteiger partial charge on any atom is 0.289 e. The third-order valence-corrected chi connectivity index (χ3v) is 4.07. The average molecular weight is 336 g/mol. The molecule has 0 bridgehead atoms. The minimum atomic E-state index is -3.30. The van der Waals surface area contributed by atoms with E-state index in [0.29, 0.717) is 12.3 Å². The van der Waals surface area contributed by atoms with Gasteiger partial charge in [-0.1, -0.05) is 24.3 Å². The molecule has 2 aromatic rings. The minimum absolute atomic E-state index is 0.0214. The molecule has 0 aliphatic carbocycles. The lowest BCUT2D eigenvalue weighted by Gasteiger charge is -2.17. The largest absolute Gasteiger partial charge is 0.455 e. The van der Waals surface area contributed by atoms with E-state index in [9.17, 15) is 13.2 Å². The van der Waals surface area contributed by atoms with Crippen molar-refractivity contribution in [2.45, 2.75) is 20.0 Å². The number of carbonyl (C=O) groups excluding carboxylic acids is 1. The molecular weight excluding hydrogens is 316 g/mol. The zero-order valence-electron chi connectivity index (χ0n) is 13.4. The van der Waals surface area contributed by atoms with Crippen LogP contribution in [-0.2, 0) is 23.1 Å². The number of nitrogens with zero attached hydrogens (tertiary/aromatic N) is 1. The fraction of sp³-hybridized carbons (Fsp3) is 0.312. The molecule has 1 N–H and O–H groups in total. The van der Waals surface area contributed by atoms with Gasteiger partial charge in [0, 0.05) is 13.6 Å². The van der Waals surface area contributed by atoms with Crippen molar-refractivity contribution in [3.05, 3.63) is 59.0 Å². The molecule has 0 spiro atoms. The number of hydrogen-bond acceptors (Lipinski definition) is 4. The van der Waals surface area contributed by atoms with Crippen LogP contribution in [0, 0.1) is 6.92 Å². The van der Waals surface area contributed by atoms with E-state index < -0.39 is 10.0 Å². The SMILES string of the molecule is Cc1ccccc1CN(C)C(=O)c1ccc(CNS(C)(=O)=O)o1. The van der Waals surface area contributed by atoms with Crippen molar-refractivity contribution in [2.24, 2.45) is 0 Å². The van der Waals surface area contributed by atoms with Crippen molar-refractivity contribution >= 4 is 15.9 Å². The Hall–Kier alpha value is -2.12. The summed E-state index contributed by atoms with van der Waals surface area (Å²) in [6, 6.07) is 11.0. The van der Waals surface area contributed by atoms with Crippen LogP contribution in [0.15, 0.2) is 40.8 Å². The third kappa shape index (κ3) is 4.94. The second-order valence-corrected chi connectivity index (χ2v) is 7.28. The van der Waals surface area contributed by atoms with Crippen LogP contribution in [0.25, 0.3) is 0 Å². The minimum Gasteiger partial charge on any atom is -0.455 e. The molecule has 6 nitrogen and oxygen atoms in total.